The van der Waals surface area contributed by atoms with Crippen LogP contribution in [0.4, 0.5) is 0 Å². The van der Waals surface area contributed by atoms with Gasteiger partial charge < -0.3 is 10.2 Å². The van der Waals surface area contributed by atoms with E-state index in [-0.39, 0.29) is 0 Å². The maximum atomic E-state index is 10.7. The molecule has 0 bridgehead atoms. The van der Waals surface area contributed by atoms with E-state index in [0.29, 0.717) is 12.0 Å². The summed E-state index contributed by atoms with van der Waals surface area (Å²) in [6, 6.07) is 15.6. The molecule has 2 N–H and O–H groups in total. The molecule has 0 fully saturated rings. The predicted octanol–water partition coefficient (Wildman–Crippen LogP) is 5.36. The van der Waals surface area contributed by atoms with Crippen molar-refractivity contribution in [2.24, 2.45) is 0 Å². The van der Waals surface area contributed by atoms with Crippen molar-refractivity contribution in [3.63, 3.8) is 0 Å². The maximum absolute atomic E-state index is 10.7. The smallest absolute Gasteiger partial charge is 0.111 e. The lowest BCUT2D eigenvalue weighted by atomic mass is 9.99. The average molecular weight is 360 g/mol. The third-order valence-electron chi connectivity index (χ3n) is 4.41. The third kappa shape index (κ3) is 6.57. The molecule has 2 atom stereocenters. The SMILES string of the molecule is C=CCCC=C(C#CCC(O)c1ccc(C)cc1)C(O)c1ccc(C)cc1. The van der Waals surface area contributed by atoms with Gasteiger partial charge >= 0.3 is 0 Å². The van der Waals surface area contributed by atoms with Crippen LogP contribution in [0.25, 0.3) is 0 Å². The number of allylic oxidation sites excluding steroid dienone is 2. The quantitative estimate of drug-likeness (QED) is 0.397. The second-order valence-electron chi connectivity index (χ2n) is 6.77. The molecule has 2 nitrogen and oxygen atoms in total. The molecule has 2 unspecified atom stereocenters. The normalized spacial score (nSPS) is 13.4. The van der Waals surface area contributed by atoms with Crippen LogP contribution in [0.15, 0.2) is 72.8 Å². The number of benzene rings is 2. The minimum Gasteiger partial charge on any atom is -0.387 e. The molecular weight excluding hydrogens is 332 g/mol. The lowest BCUT2D eigenvalue weighted by Crippen LogP contribution is -2.01. The van der Waals surface area contributed by atoms with E-state index in [4.69, 9.17) is 0 Å². The number of hydrogen-bond acceptors (Lipinski definition) is 2. The zero-order valence-corrected chi connectivity index (χ0v) is 16.2. The van der Waals surface area contributed by atoms with Crippen LogP contribution in [0, 0.1) is 25.7 Å². The Morgan fingerprint density at radius 2 is 1.48 bits per heavy atom. The first-order valence-electron chi connectivity index (χ1n) is 9.30. The summed E-state index contributed by atoms with van der Waals surface area (Å²) in [7, 11) is 0. The Kier molecular flexibility index (Phi) is 8.07. The van der Waals surface area contributed by atoms with Gasteiger partial charge in [-0.3, -0.25) is 0 Å². The van der Waals surface area contributed by atoms with Gasteiger partial charge in [0.25, 0.3) is 0 Å². The highest BCUT2D eigenvalue weighted by Crippen LogP contribution is 2.23. The zero-order valence-electron chi connectivity index (χ0n) is 16.2. The van der Waals surface area contributed by atoms with Crippen LogP contribution in [0.3, 0.4) is 0 Å². The molecular formula is C25H28O2. The first kappa shape index (κ1) is 20.7. The minimum absolute atomic E-state index is 0.322. The fourth-order valence-electron chi connectivity index (χ4n) is 2.67. The number of unbranched alkanes of at least 4 members (excludes halogenated alkanes) is 1. The lowest BCUT2D eigenvalue weighted by molar-refractivity contribution is 0.184. The summed E-state index contributed by atoms with van der Waals surface area (Å²) in [5.74, 6) is 6.10. The van der Waals surface area contributed by atoms with E-state index in [1.807, 2.05) is 74.5 Å². The molecule has 0 aliphatic rings. The summed E-state index contributed by atoms with van der Waals surface area (Å²) in [5, 5.41) is 21.1. The van der Waals surface area contributed by atoms with Crippen LogP contribution in [0.1, 0.15) is 53.7 Å². The monoisotopic (exact) mass is 360 g/mol. The van der Waals surface area contributed by atoms with Gasteiger partial charge in [-0.15, -0.1) is 6.58 Å². The molecule has 0 amide bonds. The Balaban J connectivity index is 2.13. The summed E-state index contributed by atoms with van der Waals surface area (Å²) in [6.07, 6.45) is 4.33. The summed E-state index contributed by atoms with van der Waals surface area (Å²) < 4.78 is 0. The van der Waals surface area contributed by atoms with Crippen molar-refractivity contribution < 1.29 is 10.2 Å². The van der Waals surface area contributed by atoms with Gasteiger partial charge in [0.1, 0.15) is 6.10 Å². The highest BCUT2D eigenvalue weighted by Gasteiger charge is 2.12. The average Bonchev–Trinajstić information content (AvgIpc) is 2.67. The van der Waals surface area contributed by atoms with Crippen molar-refractivity contribution in [1.29, 1.82) is 0 Å². The Morgan fingerprint density at radius 3 is 2.04 bits per heavy atom. The molecule has 0 heterocycles. The van der Waals surface area contributed by atoms with Crippen LogP contribution in [-0.2, 0) is 0 Å². The molecule has 27 heavy (non-hydrogen) atoms. The minimum atomic E-state index is -0.764. The van der Waals surface area contributed by atoms with Gasteiger partial charge in [-0.2, -0.15) is 0 Å². The highest BCUT2D eigenvalue weighted by atomic mass is 16.3. The van der Waals surface area contributed by atoms with Crippen molar-refractivity contribution in [2.45, 2.75) is 45.3 Å². The van der Waals surface area contributed by atoms with Gasteiger partial charge in [-0.05, 0) is 37.8 Å². The van der Waals surface area contributed by atoms with Gasteiger partial charge in [0.15, 0.2) is 0 Å². The topological polar surface area (TPSA) is 40.5 Å². The van der Waals surface area contributed by atoms with E-state index < -0.39 is 12.2 Å². The largest absolute Gasteiger partial charge is 0.387 e. The van der Waals surface area contributed by atoms with Crippen LogP contribution in [0.5, 0.6) is 0 Å². The van der Waals surface area contributed by atoms with Crippen molar-refractivity contribution in [2.75, 3.05) is 0 Å². The number of hydrogen-bond donors (Lipinski definition) is 2. The Bertz CT molecular complexity index is 817. The fraction of sp³-hybridized carbons (Fsp3) is 0.280. The van der Waals surface area contributed by atoms with Crippen molar-refractivity contribution in [3.8, 4) is 11.8 Å². The first-order chi connectivity index (χ1) is 13.0. The van der Waals surface area contributed by atoms with E-state index in [0.717, 1.165) is 35.1 Å². The summed E-state index contributed by atoms with van der Waals surface area (Å²) >= 11 is 0. The number of rotatable bonds is 7. The lowest BCUT2D eigenvalue weighted by Gasteiger charge is -2.12. The Hall–Kier alpha value is -2.60. The first-order valence-corrected chi connectivity index (χ1v) is 9.30. The number of aliphatic hydroxyl groups excluding tert-OH is 2. The number of aliphatic hydroxyl groups is 2. The molecule has 2 heteroatoms. The standard InChI is InChI=1S/C25H28O2/c1-4-5-6-8-22(25(27)23-17-13-20(3)14-18-23)9-7-10-24(26)21-15-11-19(2)12-16-21/h4,8,11-18,24-27H,1,5-6,10H2,2-3H3. The van der Waals surface area contributed by atoms with Gasteiger partial charge in [0, 0.05) is 12.0 Å². The van der Waals surface area contributed by atoms with Gasteiger partial charge in [0.05, 0.1) is 6.10 Å². The maximum Gasteiger partial charge on any atom is 0.111 e. The van der Waals surface area contributed by atoms with Gasteiger partial charge in [-0.25, -0.2) is 0 Å². The molecule has 0 aromatic heterocycles. The van der Waals surface area contributed by atoms with Gasteiger partial charge in [-0.1, -0.05) is 83.7 Å². The second kappa shape index (κ2) is 10.5. The van der Waals surface area contributed by atoms with Crippen LogP contribution in [-0.4, -0.2) is 10.2 Å². The van der Waals surface area contributed by atoms with Crippen molar-refractivity contribution in [3.05, 3.63) is 95.1 Å². The molecule has 0 radical (unpaired) electrons. The molecule has 0 spiro atoms. The number of aryl methyl sites for hydroxylation is 2. The van der Waals surface area contributed by atoms with E-state index in [1.165, 1.54) is 0 Å². The van der Waals surface area contributed by atoms with Crippen LogP contribution < -0.4 is 0 Å². The Morgan fingerprint density at radius 1 is 0.926 bits per heavy atom. The van der Waals surface area contributed by atoms with E-state index in [9.17, 15) is 10.2 Å². The Labute approximate surface area is 162 Å². The second-order valence-corrected chi connectivity index (χ2v) is 6.77. The molecule has 0 saturated carbocycles. The molecule has 140 valence electrons. The van der Waals surface area contributed by atoms with E-state index >= 15 is 0 Å². The third-order valence-corrected chi connectivity index (χ3v) is 4.41. The molecule has 2 aromatic rings. The molecule has 0 aliphatic heterocycles. The molecule has 0 aliphatic carbocycles. The molecule has 0 saturated heterocycles. The summed E-state index contributed by atoms with van der Waals surface area (Å²) in [5.41, 5.74) is 4.64. The van der Waals surface area contributed by atoms with Crippen LogP contribution >= 0.6 is 0 Å². The molecule has 2 aromatic carbocycles. The highest BCUT2D eigenvalue weighted by molar-refractivity contribution is 5.39. The summed E-state index contributed by atoms with van der Waals surface area (Å²) in [6.45, 7) is 7.77. The van der Waals surface area contributed by atoms with Gasteiger partial charge in [0.2, 0.25) is 0 Å². The van der Waals surface area contributed by atoms with Crippen molar-refractivity contribution in [1.82, 2.24) is 0 Å². The summed E-state index contributed by atoms with van der Waals surface area (Å²) in [4.78, 5) is 0. The molecule has 2 rings (SSSR count). The van der Waals surface area contributed by atoms with E-state index in [1.54, 1.807) is 0 Å². The predicted molar refractivity (Wildman–Crippen MR) is 112 cm³/mol. The zero-order chi connectivity index (χ0) is 19.6. The van der Waals surface area contributed by atoms with E-state index in [2.05, 4.69) is 18.4 Å². The van der Waals surface area contributed by atoms with Crippen molar-refractivity contribution >= 4 is 0 Å². The fourth-order valence-corrected chi connectivity index (χ4v) is 2.67. The van der Waals surface area contributed by atoms with Crippen LogP contribution in [0.2, 0.25) is 0 Å².